The van der Waals surface area contributed by atoms with Crippen LogP contribution in [0.4, 0.5) is 0 Å². The van der Waals surface area contributed by atoms with E-state index in [1.54, 1.807) is 0 Å². The topological polar surface area (TPSA) is 46.3 Å². The Kier molecular flexibility index (Phi) is 5.48. The summed E-state index contributed by atoms with van der Waals surface area (Å²) in [6.45, 7) is 5.10. The van der Waals surface area contributed by atoms with E-state index in [1.165, 1.54) is 32.1 Å². The molecule has 1 amide bonds. The zero-order chi connectivity index (χ0) is 14.7. The summed E-state index contributed by atoms with van der Waals surface area (Å²) in [6.07, 6.45) is 8.93. The lowest BCUT2D eigenvalue weighted by Crippen LogP contribution is -2.35. The molecular formula is C17H32N2O. The Morgan fingerprint density at radius 1 is 1.25 bits per heavy atom. The quantitative estimate of drug-likeness (QED) is 0.813. The number of amides is 1. The summed E-state index contributed by atoms with van der Waals surface area (Å²) in [5.74, 6) is 2.73. The summed E-state index contributed by atoms with van der Waals surface area (Å²) in [5.41, 5.74) is 6.06. The normalized spacial score (nSPS) is 28.4. The largest absolute Gasteiger partial charge is 0.345 e. The van der Waals surface area contributed by atoms with E-state index in [1.807, 2.05) is 11.9 Å². The third-order valence-corrected chi connectivity index (χ3v) is 5.44. The molecule has 0 heterocycles. The molecule has 2 saturated carbocycles. The molecule has 2 rings (SSSR count). The van der Waals surface area contributed by atoms with Crippen molar-refractivity contribution in [2.75, 3.05) is 13.6 Å². The highest BCUT2D eigenvalue weighted by Gasteiger charge is 2.48. The first-order valence-corrected chi connectivity index (χ1v) is 8.51. The second-order valence-electron chi connectivity index (χ2n) is 7.36. The van der Waals surface area contributed by atoms with Gasteiger partial charge >= 0.3 is 0 Å². The van der Waals surface area contributed by atoms with Crippen molar-refractivity contribution in [3.8, 4) is 0 Å². The number of carbonyl (C=O) groups is 1. The number of hydrogen-bond acceptors (Lipinski definition) is 2. The van der Waals surface area contributed by atoms with Gasteiger partial charge in [0.1, 0.15) is 0 Å². The van der Waals surface area contributed by atoms with Crippen LogP contribution >= 0.6 is 0 Å². The Hall–Kier alpha value is -0.570. The van der Waals surface area contributed by atoms with Gasteiger partial charge in [0.25, 0.3) is 0 Å². The maximum absolute atomic E-state index is 12.4. The van der Waals surface area contributed by atoms with Crippen LogP contribution in [0.3, 0.4) is 0 Å². The zero-order valence-electron chi connectivity index (χ0n) is 13.5. The Balaban J connectivity index is 1.72. The van der Waals surface area contributed by atoms with Gasteiger partial charge in [-0.3, -0.25) is 4.79 Å². The summed E-state index contributed by atoms with van der Waals surface area (Å²) < 4.78 is 0. The maximum Gasteiger partial charge on any atom is 0.225 e. The summed E-state index contributed by atoms with van der Waals surface area (Å²) in [6, 6.07) is 0.207. The summed E-state index contributed by atoms with van der Waals surface area (Å²) in [7, 11) is 1.95. The minimum atomic E-state index is 0.207. The molecule has 0 aromatic rings. The molecule has 3 nitrogen and oxygen atoms in total. The lowest BCUT2D eigenvalue weighted by molar-refractivity contribution is -0.131. The Labute approximate surface area is 124 Å². The number of carbonyl (C=O) groups excluding carboxylic acids is 1. The summed E-state index contributed by atoms with van der Waals surface area (Å²) in [4.78, 5) is 14.4. The standard InChI is InChI=1S/C17H32N2O/c1-12(2)16(18)9-10-19(3)17(20)15-11-14(15)13-7-5-4-6-8-13/h12-16H,4-11,18H2,1-3H3. The molecule has 0 aliphatic heterocycles. The highest BCUT2D eigenvalue weighted by Crippen LogP contribution is 2.50. The van der Waals surface area contributed by atoms with Crippen molar-refractivity contribution in [3.05, 3.63) is 0 Å². The number of hydrogen-bond donors (Lipinski definition) is 1. The molecule has 3 heteroatoms. The van der Waals surface area contributed by atoms with E-state index >= 15 is 0 Å². The van der Waals surface area contributed by atoms with Crippen LogP contribution in [0, 0.1) is 23.7 Å². The van der Waals surface area contributed by atoms with Crippen molar-refractivity contribution in [3.63, 3.8) is 0 Å². The van der Waals surface area contributed by atoms with Crippen molar-refractivity contribution in [2.24, 2.45) is 29.4 Å². The van der Waals surface area contributed by atoms with Gasteiger partial charge in [-0.15, -0.1) is 0 Å². The van der Waals surface area contributed by atoms with E-state index in [2.05, 4.69) is 13.8 Å². The molecule has 0 radical (unpaired) electrons. The fraction of sp³-hybridized carbons (Fsp3) is 0.941. The first-order valence-electron chi connectivity index (χ1n) is 8.51. The molecule has 0 bridgehead atoms. The third-order valence-electron chi connectivity index (χ3n) is 5.44. The first-order chi connectivity index (χ1) is 9.50. The molecule has 0 spiro atoms. The molecule has 2 aliphatic carbocycles. The fourth-order valence-corrected chi connectivity index (χ4v) is 3.65. The van der Waals surface area contributed by atoms with Gasteiger partial charge in [0, 0.05) is 25.6 Å². The van der Waals surface area contributed by atoms with Gasteiger partial charge in [-0.2, -0.15) is 0 Å². The second-order valence-corrected chi connectivity index (χ2v) is 7.36. The monoisotopic (exact) mass is 280 g/mol. The zero-order valence-corrected chi connectivity index (χ0v) is 13.5. The molecule has 2 N–H and O–H groups in total. The van der Waals surface area contributed by atoms with Gasteiger partial charge in [-0.1, -0.05) is 46.0 Å². The van der Waals surface area contributed by atoms with E-state index in [0.29, 0.717) is 23.7 Å². The summed E-state index contributed by atoms with van der Waals surface area (Å²) >= 11 is 0. The molecule has 3 unspecified atom stereocenters. The van der Waals surface area contributed by atoms with Crippen LogP contribution in [-0.2, 0) is 4.79 Å². The minimum absolute atomic E-state index is 0.207. The Morgan fingerprint density at radius 2 is 1.90 bits per heavy atom. The second kappa shape index (κ2) is 6.93. The summed E-state index contributed by atoms with van der Waals surface area (Å²) in [5, 5.41) is 0. The maximum atomic E-state index is 12.4. The molecule has 0 aromatic heterocycles. The predicted octanol–water partition coefficient (Wildman–Crippen LogP) is 3.03. The molecule has 2 fully saturated rings. The van der Waals surface area contributed by atoms with Gasteiger partial charge in [0.05, 0.1) is 0 Å². The van der Waals surface area contributed by atoms with Crippen LogP contribution in [0.1, 0.15) is 58.8 Å². The average molecular weight is 280 g/mol. The van der Waals surface area contributed by atoms with Crippen LogP contribution in [0.15, 0.2) is 0 Å². The lowest BCUT2D eigenvalue weighted by atomic mass is 9.85. The van der Waals surface area contributed by atoms with Crippen molar-refractivity contribution < 1.29 is 4.79 Å². The molecule has 3 atom stereocenters. The number of nitrogens with two attached hydrogens (primary N) is 1. The van der Waals surface area contributed by atoms with Crippen molar-refractivity contribution in [2.45, 2.75) is 64.8 Å². The smallest absolute Gasteiger partial charge is 0.225 e. The number of rotatable bonds is 6. The third kappa shape index (κ3) is 3.97. The SMILES string of the molecule is CC(C)C(N)CCN(C)C(=O)C1CC1C1CCCCC1. The van der Waals surface area contributed by atoms with Crippen LogP contribution in [0.25, 0.3) is 0 Å². The van der Waals surface area contributed by atoms with E-state index in [4.69, 9.17) is 5.73 Å². The van der Waals surface area contributed by atoms with E-state index in [-0.39, 0.29) is 6.04 Å². The van der Waals surface area contributed by atoms with E-state index in [9.17, 15) is 4.79 Å². The molecular weight excluding hydrogens is 248 g/mol. The van der Waals surface area contributed by atoms with E-state index in [0.717, 1.165) is 25.3 Å². The van der Waals surface area contributed by atoms with Crippen molar-refractivity contribution in [1.82, 2.24) is 4.90 Å². The molecule has 0 aromatic carbocycles. The van der Waals surface area contributed by atoms with Crippen LogP contribution < -0.4 is 5.73 Å². The Morgan fingerprint density at radius 3 is 2.50 bits per heavy atom. The van der Waals surface area contributed by atoms with Crippen molar-refractivity contribution in [1.29, 1.82) is 0 Å². The van der Waals surface area contributed by atoms with Gasteiger partial charge in [0.15, 0.2) is 0 Å². The van der Waals surface area contributed by atoms with Crippen LogP contribution in [-0.4, -0.2) is 30.4 Å². The van der Waals surface area contributed by atoms with Crippen molar-refractivity contribution >= 4 is 5.91 Å². The van der Waals surface area contributed by atoms with Gasteiger partial charge in [0.2, 0.25) is 5.91 Å². The first kappa shape index (κ1) is 15.8. The lowest BCUT2D eigenvalue weighted by Gasteiger charge is -2.24. The average Bonchev–Trinajstić information content (AvgIpc) is 3.24. The molecule has 0 saturated heterocycles. The predicted molar refractivity (Wildman–Crippen MR) is 83.2 cm³/mol. The van der Waals surface area contributed by atoms with Gasteiger partial charge in [-0.25, -0.2) is 0 Å². The highest BCUT2D eigenvalue weighted by molar-refractivity contribution is 5.81. The van der Waals surface area contributed by atoms with E-state index < -0.39 is 0 Å². The van der Waals surface area contributed by atoms with Crippen LogP contribution in [0.5, 0.6) is 0 Å². The van der Waals surface area contributed by atoms with Gasteiger partial charge < -0.3 is 10.6 Å². The molecule has 116 valence electrons. The Bertz CT molecular complexity index is 323. The van der Waals surface area contributed by atoms with Crippen LogP contribution in [0.2, 0.25) is 0 Å². The minimum Gasteiger partial charge on any atom is -0.345 e. The highest BCUT2D eigenvalue weighted by atomic mass is 16.2. The van der Waals surface area contributed by atoms with Gasteiger partial charge in [-0.05, 0) is 30.6 Å². The molecule has 20 heavy (non-hydrogen) atoms. The number of nitrogens with zero attached hydrogens (tertiary/aromatic N) is 1. The fourth-order valence-electron chi connectivity index (χ4n) is 3.65. The molecule has 2 aliphatic rings.